The molecule has 2 aromatic carbocycles. The van der Waals surface area contributed by atoms with Crippen molar-refractivity contribution in [2.75, 3.05) is 0 Å². The van der Waals surface area contributed by atoms with Gasteiger partial charge in [0.1, 0.15) is 17.7 Å². The fourth-order valence-corrected chi connectivity index (χ4v) is 2.20. The van der Waals surface area contributed by atoms with Crippen LogP contribution in [0.1, 0.15) is 11.1 Å². The van der Waals surface area contributed by atoms with Gasteiger partial charge in [-0.15, -0.1) is 0 Å². The molecule has 0 spiro atoms. The van der Waals surface area contributed by atoms with Crippen LogP contribution >= 0.6 is 0 Å². The highest BCUT2D eigenvalue weighted by atomic mass is 19.1. The van der Waals surface area contributed by atoms with Crippen LogP contribution in [-0.2, 0) is 22.4 Å². The van der Waals surface area contributed by atoms with Gasteiger partial charge in [0.05, 0.1) is 6.42 Å². The van der Waals surface area contributed by atoms with E-state index in [2.05, 4.69) is 5.32 Å². The molecule has 0 fully saturated rings. The molecule has 0 unspecified atom stereocenters. The Bertz CT molecular complexity index is 719. The molecule has 0 aliphatic carbocycles. The van der Waals surface area contributed by atoms with Crippen LogP contribution in [0.4, 0.5) is 8.78 Å². The zero-order chi connectivity index (χ0) is 16.8. The lowest BCUT2D eigenvalue weighted by Gasteiger charge is -2.15. The smallest absolute Gasteiger partial charge is 0.240 e. The largest absolute Gasteiger partial charge is 0.368 e. The normalized spacial score (nSPS) is 11.7. The Morgan fingerprint density at radius 1 is 1.00 bits per heavy atom. The van der Waals surface area contributed by atoms with E-state index in [9.17, 15) is 18.4 Å². The summed E-state index contributed by atoms with van der Waals surface area (Å²) in [5, 5.41) is 2.49. The van der Waals surface area contributed by atoms with Crippen LogP contribution in [0.5, 0.6) is 0 Å². The summed E-state index contributed by atoms with van der Waals surface area (Å²) >= 11 is 0. The fraction of sp³-hybridized carbons (Fsp3) is 0.176. The van der Waals surface area contributed by atoms with Gasteiger partial charge in [-0.2, -0.15) is 0 Å². The van der Waals surface area contributed by atoms with Gasteiger partial charge in [0.15, 0.2) is 0 Å². The second-order valence-electron chi connectivity index (χ2n) is 5.16. The maximum absolute atomic E-state index is 13.2. The first kappa shape index (κ1) is 16.6. The van der Waals surface area contributed by atoms with Crippen LogP contribution in [0.15, 0.2) is 48.5 Å². The minimum atomic E-state index is -0.960. The van der Waals surface area contributed by atoms with E-state index in [0.717, 1.165) is 0 Å². The van der Waals surface area contributed by atoms with Crippen molar-refractivity contribution in [1.29, 1.82) is 0 Å². The maximum atomic E-state index is 13.2. The number of rotatable bonds is 6. The Morgan fingerprint density at radius 2 is 1.57 bits per heavy atom. The second kappa shape index (κ2) is 7.49. The fourth-order valence-electron chi connectivity index (χ4n) is 2.20. The molecule has 120 valence electrons. The van der Waals surface area contributed by atoms with E-state index in [0.29, 0.717) is 11.1 Å². The van der Waals surface area contributed by atoms with Gasteiger partial charge in [-0.25, -0.2) is 8.78 Å². The zero-order valence-electron chi connectivity index (χ0n) is 12.3. The van der Waals surface area contributed by atoms with Gasteiger partial charge in [-0.05, 0) is 35.4 Å². The molecule has 0 heterocycles. The lowest BCUT2D eigenvalue weighted by atomic mass is 10.0. The van der Waals surface area contributed by atoms with Gasteiger partial charge < -0.3 is 11.1 Å². The number of carbonyl (C=O) groups is 2. The molecule has 2 rings (SSSR count). The minimum absolute atomic E-state index is 0.0787. The first-order valence-electron chi connectivity index (χ1n) is 7.01. The van der Waals surface area contributed by atoms with Gasteiger partial charge in [-0.1, -0.05) is 24.3 Å². The molecule has 0 aliphatic rings. The third-order valence-corrected chi connectivity index (χ3v) is 3.26. The topological polar surface area (TPSA) is 72.2 Å². The Morgan fingerprint density at radius 3 is 2.13 bits per heavy atom. The van der Waals surface area contributed by atoms with Crippen LogP contribution in [0, 0.1) is 11.6 Å². The Labute approximate surface area is 132 Å². The molecule has 3 N–H and O–H groups in total. The SMILES string of the molecule is NC(=O)[C@@H](Cc1cccc(F)c1)NC(=O)Cc1cccc(F)c1. The van der Waals surface area contributed by atoms with Crippen molar-refractivity contribution in [2.24, 2.45) is 5.73 Å². The summed E-state index contributed by atoms with van der Waals surface area (Å²) in [6.45, 7) is 0. The van der Waals surface area contributed by atoms with Crippen molar-refractivity contribution >= 4 is 11.8 Å². The number of amides is 2. The van der Waals surface area contributed by atoms with Crippen LogP contribution in [0.25, 0.3) is 0 Å². The summed E-state index contributed by atoms with van der Waals surface area (Å²) in [6, 6.07) is 10.4. The number of carbonyl (C=O) groups excluding carboxylic acids is 2. The van der Waals surface area contributed by atoms with E-state index < -0.39 is 29.5 Å². The molecular formula is C17H16F2N2O2. The molecule has 2 aromatic rings. The average Bonchev–Trinajstić information content (AvgIpc) is 2.46. The van der Waals surface area contributed by atoms with E-state index in [1.165, 1.54) is 36.4 Å². The predicted octanol–water partition coefficient (Wildman–Crippen LogP) is 1.72. The molecule has 4 nitrogen and oxygen atoms in total. The van der Waals surface area contributed by atoms with Gasteiger partial charge in [0.2, 0.25) is 11.8 Å². The molecule has 0 aliphatic heterocycles. The predicted molar refractivity (Wildman–Crippen MR) is 81.3 cm³/mol. The van der Waals surface area contributed by atoms with Crippen molar-refractivity contribution in [2.45, 2.75) is 18.9 Å². The summed E-state index contributed by atoms with van der Waals surface area (Å²) < 4.78 is 26.3. The summed E-state index contributed by atoms with van der Waals surface area (Å²) in [5.41, 5.74) is 6.31. The van der Waals surface area contributed by atoms with Crippen LogP contribution in [0.3, 0.4) is 0 Å². The lowest BCUT2D eigenvalue weighted by Crippen LogP contribution is -2.46. The monoisotopic (exact) mass is 318 g/mol. The number of hydrogen-bond donors (Lipinski definition) is 2. The third kappa shape index (κ3) is 5.18. The molecule has 6 heteroatoms. The maximum Gasteiger partial charge on any atom is 0.240 e. The first-order chi connectivity index (χ1) is 10.9. The van der Waals surface area contributed by atoms with Crippen LogP contribution in [0.2, 0.25) is 0 Å². The van der Waals surface area contributed by atoms with Crippen molar-refractivity contribution in [3.8, 4) is 0 Å². The van der Waals surface area contributed by atoms with Crippen molar-refractivity contribution in [1.82, 2.24) is 5.32 Å². The highest BCUT2D eigenvalue weighted by molar-refractivity contribution is 5.87. The summed E-state index contributed by atoms with van der Waals surface area (Å²) in [6.07, 6.45) is 0.00662. The number of halogens is 2. The lowest BCUT2D eigenvalue weighted by molar-refractivity contribution is -0.127. The summed E-state index contributed by atoms with van der Waals surface area (Å²) in [4.78, 5) is 23.5. The van der Waals surface area contributed by atoms with Gasteiger partial charge >= 0.3 is 0 Å². The molecule has 23 heavy (non-hydrogen) atoms. The highest BCUT2D eigenvalue weighted by Gasteiger charge is 2.19. The molecule has 1 atom stereocenters. The van der Waals surface area contributed by atoms with Crippen LogP contribution < -0.4 is 11.1 Å². The average molecular weight is 318 g/mol. The number of hydrogen-bond acceptors (Lipinski definition) is 2. The Hall–Kier alpha value is -2.76. The number of nitrogens with one attached hydrogen (secondary N) is 1. The van der Waals surface area contributed by atoms with Gasteiger partial charge in [-0.3, -0.25) is 9.59 Å². The Kier molecular flexibility index (Phi) is 5.41. The van der Waals surface area contributed by atoms with Crippen molar-refractivity contribution < 1.29 is 18.4 Å². The van der Waals surface area contributed by atoms with Crippen LogP contribution in [-0.4, -0.2) is 17.9 Å². The second-order valence-corrected chi connectivity index (χ2v) is 5.16. The van der Waals surface area contributed by atoms with Crippen molar-refractivity contribution in [3.63, 3.8) is 0 Å². The van der Waals surface area contributed by atoms with Crippen molar-refractivity contribution in [3.05, 3.63) is 71.3 Å². The van der Waals surface area contributed by atoms with E-state index in [-0.39, 0.29) is 12.8 Å². The van der Waals surface area contributed by atoms with E-state index in [4.69, 9.17) is 5.73 Å². The van der Waals surface area contributed by atoms with Gasteiger partial charge in [0.25, 0.3) is 0 Å². The quantitative estimate of drug-likeness (QED) is 0.851. The molecule has 0 radical (unpaired) electrons. The van der Waals surface area contributed by atoms with E-state index >= 15 is 0 Å². The zero-order valence-corrected chi connectivity index (χ0v) is 12.3. The molecule has 0 saturated heterocycles. The van der Waals surface area contributed by atoms with Gasteiger partial charge in [0, 0.05) is 6.42 Å². The molecule has 0 aromatic heterocycles. The highest BCUT2D eigenvalue weighted by Crippen LogP contribution is 2.08. The third-order valence-electron chi connectivity index (χ3n) is 3.26. The molecule has 0 saturated carbocycles. The summed E-state index contributed by atoms with van der Waals surface area (Å²) in [5.74, 6) is -2.06. The number of primary amides is 1. The molecule has 0 bridgehead atoms. The number of benzene rings is 2. The number of nitrogens with two attached hydrogens (primary N) is 1. The standard InChI is InChI=1S/C17H16F2N2O2/c18-13-5-1-3-11(7-13)9-15(17(20)23)21-16(22)10-12-4-2-6-14(19)8-12/h1-8,15H,9-10H2,(H2,20,23)(H,21,22)/t15-/m1/s1. The molecule has 2 amide bonds. The first-order valence-corrected chi connectivity index (χ1v) is 7.01. The molecular weight excluding hydrogens is 302 g/mol. The summed E-state index contributed by atoms with van der Waals surface area (Å²) in [7, 11) is 0. The Balaban J connectivity index is 2.01. The minimum Gasteiger partial charge on any atom is -0.368 e. The van der Waals surface area contributed by atoms with E-state index in [1.807, 2.05) is 0 Å². The van der Waals surface area contributed by atoms with E-state index in [1.54, 1.807) is 12.1 Å².